The lowest BCUT2D eigenvalue weighted by Crippen LogP contribution is -2.10. The van der Waals surface area contributed by atoms with Crippen LogP contribution in [0, 0.1) is 0 Å². The second-order valence-electron chi connectivity index (χ2n) is 14.5. The van der Waals surface area contributed by atoms with Crippen LogP contribution < -0.4 is 4.90 Å². The number of hydrogen-bond donors (Lipinski definition) is 0. The van der Waals surface area contributed by atoms with Crippen LogP contribution in [0.1, 0.15) is 0 Å². The molecule has 0 radical (unpaired) electrons. The predicted octanol–water partition coefficient (Wildman–Crippen LogP) is 15.2. The van der Waals surface area contributed by atoms with Gasteiger partial charge < -0.3 is 13.9 Å². The van der Waals surface area contributed by atoms with E-state index in [4.69, 9.17) is 4.42 Å². The summed E-state index contributed by atoms with van der Waals surface area (Å²) in [6.45, 7) is 0. The Balaban J connectivity index is 1.16. The number of anilines is 3. The molecule has 3 nitrogen and oxygen atoms in total. The van der Waals surface area contributed by atoms with Gasteiger partial charge in [-0.15, -0.1) is 0 Å². The third-order valence-corrected chi connectivity index (χ3v) is 11.2. The van der Waals surface area contributed by atoms with Gasteiger partial charge in [-0.2, -0.15) is 0 Å². The molecule has 0 aliphatic rings. The van der Waals surface area contributed by atoms with Crippen LogP contribution in [-0.4, -0.2) is 4.57 Å². The fourth-order valence-electron chi connectivity index (χ4n) is 8.56. The van der Waals surface area contributed by atoms with Gasteiger partial charge >= 0.3 is 0 Å². The molecule has 0 aliphatic carbocycles. The average molecular weight is 729 g/mol. The minimum absolute atomic E-state index is 0.889. The van der Waals surface area contributed by atoms with E-state index >= 15 is 0 Å². The molecule has 3 heteroatoms. The number of fused-ring (bicyclic) bond motifs is 6. The van der Waals surface area contributed by atoms with Crippen molar-refractivity contribution in [1.29, 1.82) is 0 Å². The van der Waals surface area contributed by atoms with Crippen LogP contribution in [0.15, 0.2) is 223 Å². The molecule has 2 heterocycles. The van der Waals surface area contributed by atoms with Gasteiger partial charge in [-0.1, -0.05) is 158 Å². The smallest absolute Gasteiger partial charge is 0.143 e. The van der Waals surface area contributed by atoms with Crippen molar-refractivity contribution >= 4 is 60.8 Å². The summed E-state index contributed by atoms with van der Waals surface area (Å²) in [7, 11) is 0. The number of aromatic nitrogens is 1. The van der Waals surface area contributed by atoms with E-state index in [1.165, 1.54) is 27.4 Å². The monoisotopic (exact) mass is 728 g/mol. The molecule has 0 unspecified atom stereocenters. The summed E-state index contributed by atoms with van der Waals surface area (Å²) in [6.07, 6.45) is 0. The highest BCUT2D eigenvalue weighted by atomic mass is 16.3. The molecule has 0 aliphatic heterocycles. The minimum atomic E-state index is 0.889. The van der Waals surface area contributed by atoms with Crippen LogP contribution in [0.4, 0.5) is 17.1 Å². The van der Waals surface area contributed by atoms with Crippen molar-refractivity contribution in [2.24, 2.45) is 0 Å². The molecule has 11 rings (SSSR count). The second-order valence-corrected chi connectivity index (χ2v) is 14.5. The molecule has 57 heavy (non-hydrogen) atoms. The molecular weight excluding hydrogens is 693 g/mol. The number of hydrogen-bond acceptors (Lipinski definition) is 2. The molecule has 0 spiro atoms. The van der Waals surface area contributed by atoms with Crippen molar-refractivity contribution in [2.75, 3.05) is 4.90 Å². The zero-order chi connectivity index (χ0) is 37.7. The molecule has 0 bridgehead atoms. The van der Waals surface area contributed by atoms with Gasteiger partial charge in [-0.25, -0.2) is 0 Å². The van der Waals surface area contributed by atoms with E-state index in [9.17, 15) is 0 Å². The van der Waals surface area contributed by atoms with Crippen LogP contribution in [-0.2, 0) is 0 Å². The number of benzene rings is 9. The van der Waals surface area contributed by atoms with Gasteiger partial charge in [0, 0.05) is 49.9 Å². The van der Waals surface area contributed by atoms with Crippen LogP contribution in [0.2, 0.25) is 0 Å². The van der Waals surface area contributed by atoms with Gasteiger partial charge in [0.05, 0.1) is 11.0 Å². The van der Waals surface area contributed by atoms with E-state index in [0.29, 0.717) is 0 Å². The Morgan fingerprint density at radius 3 is 1.70 bits per heavy atom. The molecule has 11 aromatic rings. The van der Waals surface area contributed by atoms with Crippen LogP contribution >= 0.6 is 0 Å². The van der Waals surface area contributed by atoms with Crippen LogP contribution in [0.25, 0.3) is 82.8 Å². The molecule has 0 fully saturated rings. The average Bonchev–Trinajstić information content (AvgIpc) is 3.83. The maximum Gasteiger partial charge on any atom is 0.143 e. The zero-order valence-electron chi connectivity index (χ0n) is 31.1. The van der Waals surface area contributed by atoms with E-state index in [1.807, 2.05) is 6.07 Å². The first-order valence-electron chi connectivity index (χ1n) is 19.4. The molecule has 0 amide bonds. The molecule has 2 aromatic heterocycles. The lowest BCUT2D eigenvalue weighted by molar-refractivity contribution is 0.670. The third kappa shape index (κ3) is 5.60. The fourth-order valence-corrected chi connectivity index (χ4v) is 8.56. The first-order valence-corrected chi connectivity index (χ1v) is 19.4. The summed E-state index contributed by atoms with van der Waals surface area (Å²) in [6, 6.07) is 78.1. The summed E-state index contributed by atoms with van der Waals surface area (Å²) in [4.78, 5) is 2.39. The Hall–Kier alpha value is -7.62. The number of para-hydroxylation sites is 4. The Bertz CT molecular complexity index is 3220. The molecule has 0 saturated carbocycles. The van der Waals surface area contributed by atoms with Crippen LogP contribution in [0.5, 0.6) is 0 Å². The van der Waals surface area contributed by atoms with Crippen LogP contribution in [0.3, 0.4) is 0 Å². The highest BCUT2D eigenvalue weighted by Gasteiger charge is 2.21. The quantitative estimate of drug-likeness (QED) is 0.163. The van der Waals surface area contributed by atoms with Gasteiger partial charge in [0.15, 0.2) is 0 Å². The number of rotatable bonds is 7. The van der Waals surface area contributed by atoms with E-state index < -0.39 is 0 Å². The van der Waals surface area contributed by atoms with Gasteiger partial charge in [-0.3, -0.25) is 0 Å². The summed E-state index contributed by atoms with van der Waals surface area (Å²) in [5, 5.41) is 4.68. The largest absolute Gasteiger partial charge is 0.455 e. The van der Waals surface area contributed by atoms with E-state index in [0.717, 1.165) is 72.5 Å². The summed E-state index contributed by atoms with van der Waals surface area (Å²) >= 11 is 0. The molecule has 0 saturated heterocycles. The maximum absolute atomic E-state index is 6.67. The SMILES string of the molecule is c1ccc(-c2ccc(N(c3ccc(-c4ccccc4)c(-c4cccc5c4oc4ccccc45)c3)c3ccc4c5ccccc5n(-c5ccccc5)c4c3)cc2)cc1. The highest BCUT2D eigenvalue weighted by molar-refractivity contribution is 6.12. The zero-order valence-corrected chi connectivity index (χ0v) is 31.1. The Morgan fingerprint density at radius 2 is 0.912 bits per heavy atom. The Labute approximate surface area is 330 Å². The van der Waals surface area contributed by atoms with E-state index in [1.54, 1.807) is 0 Å². The lowest BCUT2D eigenvalue weighted by Gasteiger charge is -2.27. The fraction of sp³-hybridized carbons (Fsp3) is 0. The van der Waals surface area contributed by atoms with Crippen molar-refractivity contribution in [3.63, 3.8) is 0 Å². The maximum atomic E-state index is 6.67. The second kappa shape index (κ2) is 13.6. The number of nitrogens with zero attached hydrogens (tertiary/aromatic N) is 2. The first-order chi connectivity index (χ1) is 28.3. The molecule has 0 atom stereocenters. The minimum Gasteiger partial charge on any atom is -0.455 e. The standard InChI is InChI=1S/C54H36N2O/c1-4-15-37(16-5-1)38-27-29-41(30-28-38)55(43-32-34-46-45-21-10-12-25-51(45)56(52(46)36-43)40-19-8-3-9-20-40)42-31-33-44(39-17-6-2-7-18-39)50(35-42)49-24-14-23-48-47-22-11-13-26-53(47)57-54(48)49/h1-36H. The van der Waals surface area contributed by atoms with E-state index in [-0.39, 0.29) is 0 Å². The van der Waals surface area contributed by atoms with Crippen molar-refractivity contribution < 1.29 is 4.42 Å². The van der Waals surface area contributed by atoms with Crippen molar-refractivity contribution in [1.82, 2.24) is 4.57 Å². The summed E-state index contributed by atoms with van der Waals surface area (Å²) in [5.74, 6) is 0. The first kappa shape index (κ1) is 32.8. The molecule has 268 valence electrons. The molecular formula is C54H36N2O. The summed E-state index contributed by atoms with van der Waals surface area (Å²) < 4.78 is 9.06. The van der Waals surface area contributed by atoms with E-state index in [2.05, 4.69) is 222 Å². The predicted molar refractivity (Wildman–Crippen MR) is 239 cm³/mol. The van der Waals surface area contributed by atoms with Gasteiger partial charge in [-0.05, 0) is 88.5 Å². The highest BCUT2D eigenvalue weighted by Crippen LogP contribution is 2.45. The van der Waals surface area contributed by atoms with Gasteiger partial charge in [0.2, 0.25) is 0 Å². The van der Waals surface area contributed by atoms with Crippen molar-refractivity contribution in [3.8, 4) is 39.1 Å². The van der Waals surface area contributed by atoms with Crippen molar-refractivity contribution in [3.05, 3.63) is 218 Å². The lowest BCUT2D eigenvalue weighted by atomic mass is 9.92. The normalized spacial score (nSPS) is 11.5. The molecule has 0 N–H and O–H groups in total. The Kier molecular flexibility index (Phi) is 7.82. The van der Waals surface area contributed by atoms with Gasteiger partial charge in [0.25, 0.3) is 0 Å². The summed E-state index contributed by atoms with van der Waals surface area (Å²) in [5.41, 5.74) is 15.3. The van der Waals surface area contributed by atoms with Crippen molar-refractivity contribution in [2.45, 2.75) is 0 Å². The Morgan fingerprint density at radius 1 is 0.333 bits per heavy atom. The van der Waals surface area contributed by atoms with Gasteiger partial charge in [0.1, 0.15) is 11.2 Å². The third-order valence-electron chi connectivity index (χ3n) is 11.2. The molecule has 9 aromatic carbocycles. The topological polar surface area (TPSA) is 21.3 Å². The number of furan rings is 1.